The van der Waals surface area contributed by atoms with Crippen LogP contribution in [-0.4, -0.2) is 6.54 Å². The van der Waals surface area contributed by atoms with Crippen molar-refractivity contribution in [2.24, 2.45) is 5.92 Å². The first kappa shape index (κ1) is 16.0. The Morgan fingerprint density at radius 1 is 1.19 bits per heavy atom. The van der Waals surface area contributed by atoms with Gasteiger partial charge in [0.25, 0.3) is 0 Å². The largest absolute Gasteiger partial charge is 0.457 e. The summed E-state index contributed by atoms with van der Waals surface area (Å²) in [4.78, 5) is 0. The molecular formula is C17H19BrFNO. The van der Waals surface area contributed by atoms with Gasteiger partial charge in [0.15, 0.2) is 0 Å². The molecule has 0 atom stereocenters. The average Bonchev–Trinajstić information content (AvgIpc) is 2.44. The van der Waals surface area contributed by atoms with E-state index in [1.54, 1.807) is 12.1 Å². The quantitative estimate of drug-likeness (QED) is 0.779. The molecule has 0 unspecified atom stereocenters. The van der Waals surface area contributed by atoms with Gasteiger partial charge in [0, 0.05) is 18.2 Å². The van der Waals surface area contributed by atoms with E-state index in [4.69, 9.17) is 4.74 Å². The standard InChI is InChI=1S/C17H19BrFNO/c1-12(2)10-20-11-13-5-3-4-6-17(13)21-14-7-8-15(18)16(19)9-14/h3-9,12,20H,10-11H2,1-2H3. The Hall–Kier alpha value is -1.39. The van der Waals surface area contributed by atoms with E-state index in [1.807, 2.05) is 24.3 Å². The number of hydrogen-bond acceptors (Lipinski definition) is 2. The lowest BCUT2D eigenvalue weighted by Crippen LogP contribution is -2.19. The van der Waals surface area contributed by atoms with Crippen LogP contribution in [0, 0.1) is 11.7 Å². The highest BCUT2D eigenvalue weighted by Gasteiger charge is 2.07. The molecule has 0 heterocycles. The molecule has 0 aliphatic carbocycles. The Morgan fingerprint density at radius 3 is 2.67 bits per heavy atom. The minimum atomic E-state index is -0.331. The first-order valence-corrected chi connectivity index (χ1v) is 7.77. The fraction of sp³-hybridized carbons (Fsp3) is 0.294. The maximum Gasteiger partial charge on any atom is 0.141 e. The van der Waals surface area contributed by atoms with Crippen LogP contribution >= 0.6 is 15.9 Å². The molecule has 2 aromatic rings. The SMILES string of the molecule is CC(C)CNCc1ccccc1Oc1ccc(Br)c(F)c1. The maximum atomic E-state index is 13.5. The van der Waals surface area contributed by atoms with E-state index in [2.05, 4.69) is 35.1 Å². The third-order valence-corrected chi connectivity index (χ3v) is 3.60. The molecule has 21 heavy (non-hydrogen) atoms. The van der Waals surface area contributed by atoms with Crippen molar-refractivity contribution in [1.29, 1.82) is 0 Å². The predicted octanol–water partition coefficient (Wildman–Crippen LogP) is 5.13. The summed E-state index contributed by atoms with van der Waals surface area (Å²) in [6, 6.07) is 12.6. The van der Waals surface area contributed by atoms with Crippen LogP contribution in [0.2, 0.25) is 0 Å². The summed E-state index contributed by atoms with van der Waals surface area (Å²) in [5.41, 5.74) is 1.06. The molecule has 0 saturated carbocycles. The normalized spacial score (nSPS) is 10.9. The molecule has 0 amide bonds. The van der Waals surface area contributed by atoms with Crippen molar-refractivity contribution < 1.29 is 9.13 Å². The molecule has 0 bridgehead atoms. The van der Waals surface area contributed by atoms with Gasteiger partial charge in [-0.15, -0.1) is 0 Å². The predicted molar refractivity (Wildman–Crippen MR) is 87.2 cm³/mol. The van der Waals surface area contributed by atoms with Gasteiger partial charge in [-0.3, -0.25) is 0 Å². The second-order valence-corrected chi connectivity index (χ2v) is 6.16. The molecule has 0 saturated heterocycles. The molecule has 2 nitrogen and oxygen atoms in total. The van der Waals surface area contributed by atoms with Gasteiger partial charge in [0.2, 0.25) is 0 Å². The topological polar surface area (TPSA) is 21.3 Å². The van der Waals surface area contributed by atoms with Gasteiger partial charge in [0.05, 0.1) is 4.47 Å². The van der Waals surface area contributed by atoms with E-state index in [-0.39, 0.29) is 5.82 Å². The number of nitrogens with one attached hydrogen (secondary N) is 1. The molecule has 0 radical (unpaired) electrons. The van der Waals surface area contributed by atoms with Crippen LogP contribution in [0.4, 0.5) is 4.39 Å². The summed E-state index contributed by atoms with van der Waals surface area (Å²) < 4.78 is 19.8. The first-order chi connectivity index (χ1) is 10.1. The van der Waals surface area contributed by atoms with Crippen molar-refractivity contribution in [2.45, 2.75) is 20.4 Å². The van der Waals surface area contributed by atoms with E-state index in [9.17, 15) is 4.39 Å². The van der Waals surface area contributed by atoms with E-state index >= 15 is 0 Å². The molecule has 0 aliphatic heterocycles. The molecule has 112 valence electrons. The van der Waals surface area contributed by atoms with E-state index in [0.29, 0.717) is 16.1 Å². The number of benzene rings is 2. The Morgan fingerprint density at radius 2 is 1.95 bits per heavy atom. The lowest BCUT2D eigenvalue weighted by molar-refractivity contribution is 0.464. The average molecular weight is 352 g/mol. The highest BCUT2D eigenvalue weighted by Crippen LogP contribution is 2.28. The van der Waals surface area contributed by atoms with Crippen molar-refractivity contribution in [3.8, 4) is 11.5 Å². The van der Waals surface area contributed by atoms with Crippen molar-refractivity contribution >= 4 is 15.9 Å². The molecule has 2 aromatic carbocycles. The Bertz CT molecular complexity index is 601. The molecule has 0 fully saturated rings. The molecule has 0 aliphatic rings. The van der Waals surface area contributed by atoms with Gasteiger partial charge in [-0.1, -0.05) is 32.0 Å². The summed E-state index contributed by atoms with van der Waals surface area (Å²) in [5, 5.41) is 3.39. The lowest BCUT2D eigenvalue weighted by Gasteiger charge is -2.13. The highest BCUT2D eigenvalue weighted by molar-refractivity contribution is 9.10. The number of rotatable bonds is 6. The summed E-state index contributed by atoms with van der Waals surface area (Å²) in [6.45, 7) is 6.01. The van der Waals surface area contributed by atoms with Crippen LogP contribution < -0.4 is 10.1 Å². The molecule has 2 rings (SSSR count). The van der Waals surface area contributed by atoms with E-state index in [1.165, 1.54) is 6.07 Å². The third kappa shape index (κ3) is 4.83. The number of ether oxygens (including phenoxy) is 1. The van der Waals surface area contributed by atoms with Gasteiger partial charge in [-0.05, 0) is 46.6 Å². The minimum absolute atomic E-state index is 0.331. The molecular weight excluding hydrogens is 333 g/mol. The van der Waals surface area contributed by atoms with Crippen LogP contribution in [-0.2, 0) is 6.54 Å². The monoisotopic (exact) mass is 351 g/mol. The molecule has 1 N–H and O–H groups in total. The van der Waals surface area contributed by atoms with Gasteiger partial charge in [-0.2, -0.15) is 0 Å². The first-order valence-electron chi connectivity index (χ1n) is 6.98. The van der Waals surface area contributed by atoms with Crippen molar-refractivity contribution in [3.63, 3.8) is 0 Å². The summed E-state index contributed by atoms with van der Waals surface area (Å²) >= 11 is 3.14. The number of halogens is 2. The zero-order valence-electron chi connectivity index (χ0n) is 12.2. The van der Waals surface area contributed by atoms with Gasteiger partial charge in [0.1, 0.15) is 17.3 Å². The van der Waals surface area contributed by atoms with Crippen molar-refractivity contribution in [3.05, 3.63) is 58.3 Å². The number of para-hydroxylation sites is 1. The van der Waals surface area contributed by atoms with E-state index in [0.717, 1.165) is 24.4 Å². The third-order valence-electron chi connectivity index (χ3n) is 2.96. The fourth-order valence-electron chi connectivity index (χ4n) is 1.91. The summed E-state index contributed by atoms with van der Waals surface area (Å²) in [7, 11) is 0. The molecule has 0 spiro atoms. The second-order valence-electron chi connectivity index (χ2n) is 5.31. The van der Waals surface area contributed by atoms with Crippen molar-refractivity contribution in [2.75, 3.05) is 6.54 Å². The Balaban J connectivity index is 2.10. The fourth-order valence-corrected chi connectivity index (χ4v) is 2.16. The zero-order valence-corrected chi connectivity index (χ0v) is 13.8. The molecule has 0 aromatic heterocycles. The lowest BCUT2D eigenvalue weighted by atomic mass is 10.2. The van der Waals surface area contributed by atoms with Gasteiger partial charge >= 0.3 is 0 Å². The Kier molecular flexibility index (Phi) is 5.76. The molecule has 4 heteroatoms. The van der Waals surface area contributed by atoms with E-state index < -0.39 is 0 Å². The van der Waals surface area contributed by atoms with Crippen LogP contribution in [0.5, 0.6) is 11.5 Å². The minimum Gasteiger partial charge on any atom is -0.457 e. The van der Waals surface area contributed by atoms with Crippen LogP contribution in [0.3, 0.4) is 0 Å². The Labute approximate surface area is 133 Å². The van der Waals surface area contributed by atoms with Crippen LogP contribution in [0.1, 0.15) is 19.4 Å². The smallest absolute Gasteiger partial charge is 0.141 e. The van der Waals surface area contributed by atoms with Gasteiger partial charge in [-0.25, -0.2) is 4.39 Å². The van der Waals surface area contributed by atoms with Crippen LogP contribution in [0.15, 0.2) is 46.9 Å². The summed E-state index contributed by atoms with van der Waals surface area (Å²) in [5.74, 6) is 1.50. The second kappa shape index (κ2) is 7.57. The van der Waals surface area contributed by atoms with Gasteiger partial charge < -0.3 is 10.1 Å². The maximum absolute atomic E-state index is 13.5. The zero-order chi connectivity index (χ0) is 15.2. The number of hydrogen-bond donors (Lipinski definition) is 1. The van der Waals surface area contributed by atoms with Crippen LogP contribution in [0.25, 0.3) is 0 Å². The van der Waals surface area contributed by atoms with Crippen molar-refractivity contribution in [1.82, 2.24) is 5.32 Å². The highest BCUT2D eigenvalue weighted by atomic mass is 79.9. The summed E-state index contributed by atoms with van der Waals surface area (Å²) in [6.07, 6.45) is 0.